The van der Waals surface area contributed by atoms with Gasteiger partial charge in [0.1, 0.15) is 6.04 Å². The Kier molecular flexibility index (Phi) is 5.58. The minimum atomic E-state index is -4.46. The number of rotatable bonds is 5. The van der Waals surface area contributed by atoms with Crippen LogP contribution in [0.25, 0.3) is 17.5 Å². The highest BCUT2D eigenvalue weighted by Gasteiger charge is 2.30. The molecule has 8 heteroatoms. The number of alkyl halides is 3. The molecule has 0 radical (unpaired) electrons. The summed E-state index contributed by atoms with van der Waals surface area (Å²) in [6, 6.07) is 13.3. The standard InChI is InChI=1S/C20H16F3N3O2/c1-13(24-17(27)11-10-14-6-3-2-4-7-14)19-25-18(26-28-19)15-8-5-9-16(12-15)20(21,22)23/h2-13H,1H3,(H,24,27)/b11-10+/t13-/m0/s1. The summed E-state index contributed by atoms with van der Waals surface area (Å²) < 4.78 is 43.6. The van der Waals surface area contributed by atoms with Gasteiger partial charge in [0, 0.05) is 11.6 Å². The van der Waals surface area contributed by atoms with Crippen molar-refractivity contribution in [2.45, 2.75) is 19.1 Å². The van der Waals surface area contributed by atoms with Crippen LogP contribution < -0.4 is 5.32 Å². The highest BCUT2D eigenvalue weighted by molar-refractivity contribution is 5.91. The molecule has 0 bridgehead atoms. The Labute approximate surface area is 158 Å². The van der Waals surface area contributed by atoms with Crippen LogP contribution in [0.1, 0.15) is 30.0 Å². The van der Waals surface area contributed by atoms with E-state index in [-0.39, 0.29) is 23.2 Å². The van der Waals surface area contributed by atoms with Gasteiger partial charge >= 0.3 is 6.18 Å². The molecule has 28 heavy (non-hydrogen) atoms. The van der Waals surface area contributed by atoms with Crippen molar-refractivity contribution >= 4 is 12.0 Å². The fourth-order valence-corrected chi connectivity index (χ4v) is 2.42. The third kappa shape index (κ3) is 4.85. The van der Waals surface area contributed by atoms with Crippen molar-refractivity contribution < 1.29 is 22.5 Å². The van der Waals surface area contributed by atoms with Crippen molar-refractivity contribution in [3.8, 4) is 11.4 Å². The van der Waals surface area contributed by atoms with Crippen LogP contribution in [0.5, 0.6) is 0 Å². The number of carbonyl (C=O) groups is 1. The molecule has 1 amide bonds. The number of nitrogens with one attached hydrogen (secondary N) is 1. The molecule has 0 unspecified atom stereocenters. The van der Waals surface area contributed by atoms with Crippen LogP contribution >= 0.6 is 0 Å². The summed E-state index contributed by atoms with van der Waals surface area (Å²) in [6.45, 7) is 1.64. The van der Waals surface area contributed by atoms with E-state index in [4.69, 9.17) is 4.52 Å². The second-order valence-electron chi connectivity index (χ2n) is 6.01. The van der Waals surface area contributed by atoms with Gasteiger partial charge in [0.05, 0.1) is 5.56 Å². The quantitative estimate of drug-likeness (QED) is 0.648. The number of aromatic nitrogens is 2. The van der Waals surface area contributed by atoms with E-state index in [0.29, 0.717) is 0 Å². The molecule has 0 saturated heterocycles. The maximum absolute atomic E-state index is 12.8. The van der Waals surface area contributed by atoms with Gasteiger partial charge in [0.2, 0.25) is 17.6 Å². The molecule has 3 aromatic rings. The molecule has 0 fully saturated rings. The summed E-state index contributed by atoms with van der Waals surface area (Å²) in [5.41, 5.74) is 0.242. The summed E-state index contributed by atoms with van der Waals surface area (Å²) in [5, 5.41) is 6.37. The fraction of sp³-hybridized carbons (Fsp3) is 0.150. The zero-order valence-corrected chi connectivity index (χ0v) is 14.8. The summed E-state index contributed by atoms with van der Waals surface area (Å²) in [6.07, 6.45) is -1.44. The van der Waals surface area contributed by atoms with Crippen LogP contribution in [0.4, 0.5) is 13.2 Å². The van der Waals surface area contributed by atoms with Crippen molar-refractivity contribution in [3.63, 3.8) is 0 Å². The third-order valence-corrected chi connectivity index (χ3v) is 3.85. The van der Waals surface area contributed by atoms with Crippen molar-refractivity contribution in [3.05, 3.63) is 77.7 Å². The number of amides is 1. The predicted octanol–water partition coefficient (Wildman–Crippen LogP) is 4.65. The monoisotopic (exact) mass is 387 g/mol. The highest BCUT2D eigenvalue weighted by atomic mass is 19.4. The van der Waals surface area contributed by atoms with Gasteiger partial charge in [0.15, 0.2) is 0 Å². The first-order valence-corrected chi connectivity index (χ1v) is 8.38. The van der Waals surface area contributed by atoms with Gasteiger partial charge in [-0.05, 0) is 30.7 Å². The van der Waals surface area contributed by atoms with Gasteiger partial charge in [-0.25, -0.2) is 0 Å². The van der Waals surface area contributed by atoms with Crippen LogP contribution in [0.2, 0.25) is 0 Å². The minimum absolute atomic E-state index is 0.0158. The fourth-order valence-electron chi connectivity index (χ4n) is 2.42. The van der Waals surface area contributed by atoms with E-state index >= 15 is 0 Å². The molecule has 0 aliphatic heterocycles. The van der Waals surface area contributed by atoms with Crippen LogP contribution in [0.3, 0.4) is 0 Å². The Morgan fingerprint density at radius 1 is 1.14 bits per heavy atom. The van der Waals surface area contributed by atoms with Gasteiger partial charge < -0.3 is 9.84 Å². The maximum Gasteiger partial charge on any atom is 0.416 e. The van der Waals surface area contributed by atoms with E-state index in [2.05, 4.69) is 15.5 Å². The molecule has 1 atom stereocenters. The minimum Gasteiger partial charge on any atom is -0.341 e. The number of halogens is 3. The molecule has 0 saturated carbocycles. The number of hydrogen-bond donors (Lipinski definition) is 1. The predicted molar refractivity (Wildman–Crippen MR) is 96.8 cm³/mol. The molecule has 2 aromatic carbocycles. The normalized spacial score (nSPS) is 12.9. The number of nitrogens with zero attached hydrogens (tertiary/aromatic N) is 2. The van der Waals surface area contributed by atoms with E-state index in [1.54, 1.807) is 13.0 Å². The van der Waals surface area contributed by atoms with Crippen LogP contribution in [-0.4, -0.2) is 16.0 Å². The van der Waals surface area contributed by atoms with Gasteiger partial charge in [-0.1, -0.05) is 47.6 Å². The molecule has 1 aromatic heterocycles. The van der Waals surface area contributed by atoms with Crippen molar-refractivity contribution in [2.75, 3.05) is 0 Å². The smallest absolute Gasteiger partial charge is 0.341 e. The van der Waals surface area contributed by atoms with Crippen LogP contribution in [0, 0.1) is 0 Å². The maximum atomic E-state index is 12.8. The number of hydrogen-bond acceptors (Lipinski definition) is 4. The van der Waals surface area contributed by atoms with Gasteiger partial charge in [-0.2, -0.15) is 18.2 Å². The highest BCUT2D eigenvalue weighted by Crippen LogP contribution is 2.31. The lowest BCUT2D eigenvalue weighted by molar-refractivity contribution is -0.137. The second-order valence-corrected chi connectivity index (χ2v) is 6.01. The Morgan fingerprint density at radius 3 is 2.61 bits per heavy atom. The van der Waals surface area contributed by atoms with Crippen LogP contribution in [-0.2, 0) is 11.0 Å². The van der Waals surface area contributed by atoms with E-state index in [0.717, 1.165) is 17.7 Å². The van der Waals surface area contributed by atoms with E-state index in [9.17, 15) is 18.0 Å². The Morgan fingerprint density at radius 2 is 1.89 bits per heavy atom. The molecule has 0 aliphatic carbocycles. The second kappa shape index (κ2) is 8.08. The first-order chi connectivity index (χ1) is 13.3. The molecule has 144 valence electrons. The lowest BCUT2D eigenvalue weighted by Crippen LogP contribution is -2.24. The van der Waals surface area contributed by atoms with Gasteiger partial charge in [-0.3, -0.25) is 4.79 Å². The number of benzene rings is 2. The summed E-state index contributed by atoms with van der Waals surface area (Å²) in [7, 11) is 0. The molecule has 1 N–H and O–H groups in total. The molecule has 3 rings (SSSR count). The molecule has 5 nitrogen and oxygen atoms in total. The zero-order chi connectivity index (χ0) is 20.1. The topological polar surface area (TPSA) is 68.0 Å². The average Bonchev–Trinajstić information content (AvgIpc) is 3.17. The largest absolute Gasteiger partial charge is 0.416 e. The molecule has 1 heterocycles. The Bertz CT molecular complexity index is 982. The summed E-state index contributed by atoms with van der Waals surface area (Å²) in [4.78, 5) is 16.1. The first kappa shape index (κ1) is 19.3. The molecule has 0 aliphatic rings. The van der Waals surface area contributed by atoms with Crippen molar-refractivity contribution in [2.24, 2.45) is 0 Å². The van der Waals surface area contributed by atoms with Gasteiger partial charge in [-0.15, -0.1) is 0 Å². The van der Waals surface area contributed by atoms with Crippen molar-refractivity contribution in [1.29, 1.82) is 0 Å². The molecule has 0 spiro atoms. The van der Waals surface area contributed by atoms with E-state index < -0.39 is 17.8 Å². The number of carbonyl (C=O) groups excluding carboxylic acids is 1. The van der Waals surface area contributed by atoms with Crippen molar-refractivity contribution in [1.82, 2.24) is 15.5 Å². The van der Waals surface area contributed by atoms with E-state index in [1.165, 1.54) is 18.2 Å². The lowest BCUT2D eigenvalue weighted by atomic mass is 10.1. The average molecular weight is 387 g/mol. The Balaban J connectivity index is 1.68. The molecular weight excluding hydrogens is 371 g/mol. The summed E-state index contributed by atoms with van der Waals surface area (Å²) in [5.74, 6) is -0.258. The molecular formula is C20H16F3N3O2. The summed E-state index contributed by atoms with van der Waals surface area (Å²) >= 11 is 0. The Hall–Kier alpha value is -3.42. The lowest BCUT2D eigenvalue weighted by Gasteiger charge is -2.07. The van der Waals surface area contributed by atoms with Gasteiger partial charge in [0.25, 0.3) is 0 Å². The zero-order valence-electron chi connectivity index (χ0n) is 14.8. The van der Waals surface area contributed by atoms with Crippen LogP contribution in [0.15, 0.2) is 65.2 Å². The third-order valence-electron chi connectivity index (χ3n) is 3.85. The SMILES string of the molecule is C[C@H](NC(=O)/C=C/c1ccccc1)c1nc(-c2cccc(C(F)(F)F)c2)no1. The van der Waals surface area contributed by atoms with E-state index in [1.807, 2.05) is 30.3 Å². The first-order valence-electron chi connectivity index (χ1n) is 8.38.